The number of halogens is 1. The highest BCUT2D eigenvalue weighted by Crippen LogP contribution is 2.29. The lowest BCUT2D eigenvalue weighted by Crippen LogP contribution is -2.43. The van der Waals surface area contributed by atoms with E-state index in [1.54, 1.807) is 6.20 Å². The van der Waals surface area contributed by atoms with Gasteiger partial charge in [0.05, 0.1) is 6.20 Å². The van der Waals surface area contributed by atoms with Crippen molar-refractivity contribution in [2.24, 2.45) is 0 Å². The van der Waals surface area contributed by atoms with Crippen molar-refractivity contribution in [2.75, 3.05) is 5.32 Å². The average Bonchev–Trinajstić information content (AvgIpc) is 2.62. The molecule has 2 unspecified atom stereocenters. The molecule has 2 N–H and O–H groups in total. The van der Waals surface area contributed by atoms with Crippen molar-refractivity contribution in [3.05, 3.63) is 17.5 Å². The molecule has 86 valence electrons. The molecule has 3 heterocycles. The minimum absolute atomic E-state index is 0.492. The van der Waals surface area contributed by atoms with E-state index in [1.807, 2.05) is 0 Å². The summed E-state index contributed by atoms with van der Waals surface area (Å²) in [7, 11) is 0. The summed E-state index contributed by atoms with van der Waals surface area (Å²) in [6, 6.07) is 1.85. The highest BCUT2D eigenvalue weighted by Gasteiger charge is 2.33. The Morgan fingerprint density at radius 2 is 2.06 bits per heavy atom. The Kier molecular flexibility index (Phi) is 2.69. The van der Waals surface area contributed by atoms with Crippen LogP contribution in [0.2, 0.25) is 5.02 Å². The zero-order chi connectivity index (χ0) is 11.0. The number of nitrogens with one attached hydrogen (secondary N) is 2. The maximum absolute atomic E-state index is 6.03. The van der Waals surface area contributed by atoms with E-state index in [9.17, 15) is 0 Å². The van der Waals surface area contributed by atoms with Crippen LogP contribution in [-0.4, -0.2) is 28.1 Å². The van der Waals surface area contributed by atoms with Crippen LogP contribution in [0.1, 0.15) is 25.7 Å². The first-order chi connectivity index (χ1) is 7.81. The first-order valence-electron chi connectivity index (χ1n) is 5.79. The molecule has 0 spiro atoms. The first kappa shape index (κ1) is 10.3. The van der Waals surface area contributed by atoms with Gasteiger partial charge >= 0.3 is 0 Å². The summed E-state index contributed by atoms with van der Waals surface area (Å²) in [5, 5.41) is 7.65. The number of hydrogen-bond acceptors (Lipinski definition) is 4. The molecule has 1 aromatic rings. The van der Waals surface area contributed by atoms with Gasteiger partial charge in [0.2, 0.25) is 0 Å². The van der Waals surface area contributed by atoms with Gasteiger partial charge < -0.3 is 10.6 Å². The molecule has 16 heavy (non-hydrogen) atoms. The summed E-state index contributed by atoms with van der Waals surface area (Å²) in [5.74, 6) is 0.767. The van der Waals surface area contributed by atoms with Crippen LogP contribution < -0.4 is 10.6 Å². The van der Waals surface area contributed by atoms with E-state index in [0.717, 1.165) is 18.7 Å². The maximum Gasteiger partial charge on any atom is 0.148 e. The van der Waals surface area contributed by atoms with E-state index in [0.29, 0.717) is 23.1 Å². The highest BCUT2D eigenvalue weighted by atomic mass is 35.5. The smallest absolute Gasteiger partial charge is 0.148 e. The van der Waals surface area contributed by atoms with Crippen LogP contribution >= 0.6 is 11.6 Å². The molecule has 2 bridgehead atoms. The zero-order valence-corrected chi connectivity index (χ0v) is 9.74. The summed E-state index contributed by atoms with van der Waals surface area (Å²) >= 11 is 6.03. The quantitative estimate of drug-likeness (QED) is 0.826. The lowest BCUT2D eigenvalue weighted by atomic mass is 10.00. The molecule has 4 nitrogen and oxygen atoms in total. The number of rotatable bonds is 2. The molecule has 5 heteroatoms. The van der Waals surface area contributed by atoms with Gasteiger partial charge in [0.15, 0.2) is 0 Å². The minimum Gasteiger partial charge on any atom is -0.366 e. The molecule has 2 fully saturated rings. The summed E-state index contributed by atoms with van der Waals surface area (Å²) in [6.45, 7) is 0. The van der Waals surface area contributed by atoms with Gasteiger partial charge in [-0.05, 0) is 25.7 Å². The van der Waals surface area contributed by atoms with Crippen LogP contribution in [0.15, 0.2) is 12.5 Å². The highest BCUT2D eigenvalue weighted by molar-refractivity contribution is 6.32. The predicted octanol–water partition coefficient (Wildman–Crippen LogP) is 1.82. The normalized spacial score (nSPS) is 32.7. The van der Waals surface area contributed by atoms with E-state index < -0.39 is 0 Å². The molecule has 2 saturated heterocycles. The van der Waals surface area contributed by atoms with Crippen molar-refractivity contribution >= 4 is 17.4 Å². The van der Waals surface area contributed by atoms with Gasteiger partial charge in [-0.3, -0.25) is 0 Å². The number of fused-ring (bicyclic) bond motifs is 2. The topological polar surface area (TPSA) is 49.8 Å². The van der Waals surface area contributed by atoms with Crippen LogP contribution in [0, 0.1) is 0 Å². The van der Waals surface area contributed by atoms with Crippen LogP contribution in [0.5, 0.6) is 0 Å². The van der Waals surface area contributed by atoms with Gasteiger partial charge in [-0.15, -0.1) is 0 Å². The largest absolute Gasteiger partial charge is 0.366 e. The van der Waals surface area contributed by atoms with E-state index in [-0.39, 0.29) is 0 Å². The molecule has 0 aromatic carbocycles. The van der Waals surface area contributed by atoms with Gasteiger partial charge in [0, 0.05) is 18.1 Å². The molecular weight excluding hydrogens is 224 g/mol. The predicted molar refractivity (Wildman–Crippen MR) is 63.6 cm³/mol. The Hall–Kier alpha value is -0.870. The van der Waals surface area contributed by atoms with E-state index in [1.165, 1.54) is 19.2 Å². The van der Waals surface area contributed by atoms with Gasteiger partial charge in [-0.2, -0.15) is 0 Å². The second-order valence-corrected chi connectivity index (χ2v) is 5.08. The Balaban J connectivity index is 1.69. The lowest BCUT2D eigenvalue weighted by molar-refractivity contribution is 0.377. The number of aromatic nitrogens is 2. The third-order valence-corrected chi connectivity index (χ3v) is 3.76. The SMILES string of the molecule is Clc1cncnc1NC1CC2CCC(C1)N2. The average molecular weight is 239 g/mol. The van der Waals surface area contributed by atoms with E-state index in [2.05, 4.69) is 20.6 Å². The monoisotopic (exact) mass is 238 g/mol. The van der Waals surface area contributed by atoms with Crippen molar-refractivity contribution < 1.29 is 0 Å². The summed E-state index contributed by atoms with van der Waals surface area (Å²) in [5.41, 5.74) is 0. The van der Waals surface area contributed by atoms with Gasteiger partial charge in [-0.1, -0.05) is 11.6 Å². The third kappa shape index (κ3) is 1.99. The third-order valence-electron chi connectivity index (χ3n) is 3.48. The molecule has 0 aliphatic carbocycles. The summed E-state index contributed by atoms with van der Waals surface area (Å²) in [6.07, 6.45) is 8.10. The molecule has 0 amide bonds. The number of hydrogen-bond donors (Lipinski definition) is 2. The Morgan fingerprint density at radius 1 is 1.31 bits per heavy atom. The standard InChI is InChI=1S/C11H15ClN4/c12-10-5-13-6-14-11(10)16-9-3-7-1-2-8(4-9)15-7/h5-9,15H,1-4H2,(H,13,14,16). The van der Waals surface area contributed by atoms with Crippen LogP contribution in [-0.2, 0) is 0 Å². The molecule has 2 aliphatic rings. The zero-order valence-electron chi connectivity index (χ0n) is 8.99. The first-order valence-corrected chi connectivity index (χ1v) is 6.17. The fourth-order valence-electron chi connectivity index (χ4n) is 2.79. The van der Waals surface area contributed by atoms with Crippen LogP contribution in [0.4, 0.5) is 5.82 Å². The van der Waals surface area contributed by atoms with Crippen molar-refractivity contribution in [2.45, 2.75) is 43.8 Å². The molecule has 0 radical (unpaired) electrons. The second kappa shape index (κ2) is 4.18. The fourth-order valence-corrected chi connectivity index (χ4v) is 2.95. The minimum atomic E-state index is 0.492. The molecule has 3 rings (SSSR count). The van der Waals surface area contributed by atoms with Crippen molar-refractivity contribution in [1.29, 1.82) is 0 Å². The molecule has 0 saturated carbocycles. The lowest BCUT2D eigenvalue weighted by Gasteiger charge is -2.30. The Morgan fingerprint density at radius 3 is 2.75 bits per heavy atom. The van der Waals surface area contributed by atoms with Crippen LogP contribution in [0.25, 0.3) is 0 Å². The van der Waals surface area contributed by atoms with E-state index in [4.69, 9.17) is 11.6 Å². The Labute approximate surface area is 99.8 Å². The number of piperidine rings is 1. The maximum atomic E-state index is 6.03. The second-order valence-electron chi connectivity index (χ2n) is 4.67. The summed E-state index contributed by atoms with van der Waals surface area (Å²) in [4.78, 5) is 8.05. The number of anilines is 1. The van der Waals surface area contributed by atoms with Crippen LogP contribution in [0.3, 0.4) is 0 Å². The van der Waals surface area contributed by atoms with E-state index >= 15 is 0 Å². The van der Waals surface area contributed by atoms with Crippen molar-refractivity contribution in [3.8, 4) is 0 Å². The van der Waals surface area contributed by atoms with Gasteiger partial charge in [-0.25, -0.2) is 9.97 Å². The van der Waals surface area contributed by atoms with Crippen molar-refractivity contribution in [3.63, 3.8) is 0 Å². The number of nitrogens with zero attached hydrogens (tertiary/aromatic N) is 2. The molecule has 1 aromatic heterocycles. The van der Waals surface area contributed by atoms with Crippen molar-refractivity contribution in [1.82, 2.24) is 15.3 Å². The molecular formula is C11H15ClN4. The molecule has 2 aliphatic heterocycles. The van der Waals surface area contributed by atoms with Gasteiger partial charge in [0.1, 0.15) is 17.2 Å². The molecule has 2 atom stereocenters. The van der Waals surface area contributed by atoms with Gasteiger partial charge in [0.25, 0.3) is 0 Å². The Bertz CT molecular complexity index is 372. The summed E-state index contributed by atoms with van der Waals surface area (Å²) < 4.78 is 0. The fraction of sp³-hybridized carbons (Fsp3) is 0.636.